The standard InChI is InChI=1S/C9H10N6/c10-7(11)9(14-5-2-6-15-9)8-12-3-1-4-13-8/h1-6,14H,(H3,10,11). The van der Waals surface area contributed by atoms with Gasteiger partial charge in [-0.05, 0) is 12.1 Å². The summed E-state index contributed by atoms with van der Waals surface area (Å²) in [5.74, 6) is 0.215. The number of aromatic nitrogens is 2. The van der Waals surface area contributed by atoms with Crippen molar-refractivity contribution < 1.29 is 0 Å². The van der Waals surface area contributed by atoms with Crippen LogP contribution in [0.3, 0.4) is 0 Å². The third-order valence-corrected chi connectivity index (χ3v) is 2.02. The van der Waals surface area contributed by atoms with Crippen molar-refractivity contribution in [3.8, 4) is 0 Å². The lowest BCUT2D eigenvalue weighted by Gasteiger charge is -2.28. The number of hydrogen-bond donors (Lipinski definition) is 3. The lowest BCUT2D eigenvalue weighted by molar-refractivity contribution is 0.497. The number of nitrogens with two attached hydrogens (primary N) is 1. The first-order chi connectivity index (χ1) is 7.26. The molecule has 0 amide bonds. The highest BCUT2D eigenvalue weighted by molar-refractivity contribution is 5.90. The minimum Gasteiger partial charge on any atom is -0.384 e. The molecule has 0 aliphatic carbocycles. The molecule has 0 bridgehead atoms. The van der Waals surface area contributed by atoms with E-state index >= 15 is 0 Å². The van der Waals surface area contributed by atoms with Gasteiger partial charge in [-0.3, -0.25) is 10.4 Å². The van der Waals surface area contributed by atoms with Crippen LogP contribution >= 0.6 is 0 Å². The van der Waals surface area contributed by atoms with E-state index in [1.807, 2.05) is 0 Å². The van der Waals surface area contributed by atoms with Crippen molar-refractivity contribution in [1.82, 2.24) is 15.3 Å². The van der Waals surface area contributed by atoms with Crippen LogP contribution in [-0.4, -0.2) is 22.0 Å². The highest BCUT2D eigenvalue weighted by Crippen LogP contribution is 2.19. The first kappa shape index (κ1) is 9.32. The fraction of sp³-hybridized carbons (Fsp3) is 0.111. The normalized spacial score (nSPS) is 23.5. The molecule has 0 spiro atoms. The highest BCUT2D eigenvalue weighted by atomic mass is 15.2. The van der Waals surface area contributed by atoms with Crippen molar-refractivity contribution in [2.75, 3.05) is 0 Å². The third-order valence-electron chi connectivity index (χ3n) is 2.02. The lowest BCUT2D eigenvalue weighted by Crippen LogP contribution is -2.51. The van der Waals surface area contributed by atoms with Gasteiger partial charge in [-0.2, -0.15) is 0 Å². The topological polar surface area (TPSA) is 100 Å². The molecule has 0 radical (unpaired) electrons. The first-order valence-corrected chi connectivity index (χ1v) is 4.36. The lowest BCUT2D eigenvalue weighted by atomic mass is 10.1. The van der Waals surface area contributed by atoms with E-state index in [9.17, 15) is 0 Å². The van der Waals surface area contributed by atoms with Crippen LogP contribution in [0.15, 0.2) is 35.7 Å². The molecule has 0 saturated heterocycles. The maximum absolute atomic E-state index is 7.56. The van der Waals surface area contributed by atoms with Gasteiger partial charge in [0.2, 0.25) is 5.66 Å². The summed E-state index contributed by atoms with van der Waals surface area (Å²) in [5.41, 5.74) is 4.37. The summed E-state index contributed by atoms with van der Waals surface area (Å²) in [5, 5.41) is 10.5. The Morgan fingerprint density at radius 1 is 1.40 bits per heavy atom. The molecule has 2 rings (SSSR count). The largest absolute Gasteiger partial charge is 0.384 e. The molecule has 1 atom stereocenters. The van der Waals surface area contributed by atoms with Crippen LogP contribution in [0.5, 0.6) is 0 Å². The summed E-state index contributed by atoms with van der Waals surface area (Å²) in [6.07, 6.45) is 8.11. The molecule has 0 saturated carbocycles. The van der Waals surface area contributed by atoms with Crippen LogP contribution < -0.4 is 11.1 Å². The van der Waals surface area contributed by atoms with Crippen molar-refractivity contribution in [2.24, 2.45) is 10.7 Å². The molecule has 1 aromatic rings. The van der Waals surface area contributed by atoms with E-state index in [0.717, 1.165) is 0 Å². The second-order valence-electron chi connectivity index (χ2n) is 2.98. The van der Waals surface area contributed by atoms with Crippen molar-refractivity contribution >= 4 is 12.1 Å². The minimum atomic E-state index is -1.16. The summed E-state index contributed by atoms with van der Waals surface area (Å²) < 4.78 is 0. The molecule has 1 unspecified atom stereocenters. The summed E-state index contributed by atoms with van der Waals surface area (Å²) in [6.45, 7) is 0. The molecule has 6 heteroatoms. The van der Waals surface area contributed by atoms with Gasteiger partial charge in [0.1, 0.15) is 5.84 Å². The van der Waals surface area contributed by atoms with Gasteiger partial charge in [0.05, 0.1) is 0 Å². The molecule has 1 aliphatic rings. The highest BCUT2D eigenvalue weighted by Gasteiger charge is 2.37. The van der Waals surface area contributed by atoms with Gasteiger partial charge in [0.15, 0.2) is 5.82 Å². The van der Waals surface area contributed by atoms with E-state index in [1.54, 1.807) is 37.0 Å². The fourth-order valence-electron chi connectivity index (χ4n) is 1.28. The van der Waals surface area contributed by atoms with Crippen LogP contribution in [-0.2, 0) is 5.66 Å². The number of aliphatic imine (C=N–C) groups is 1. The molecule has 4 N–H and O–H groups in total. The smallest absolute Gasteiger partial charge is 0.247 e. The Morgan fingerprint density at radius 3 is 2.67 bits per heavy atom. The van der Waals surface area contributed by atoms with Gasteiger partial charge in [-0.1, -0.05) is 0 Å². The maximum Gasteiger partial charge on any atom is 0.247 e. The van der Waals surface area contributed by atoms with Crippen LogP contribution in [0.4, 0.5) is 0 Å². The van der Waals surface area contributed by atoms with E-state index in [1.165, 1.54) is 0 Å². The molecule has 76 valence electrons. The van der Waals surface area contributed by atoms with Crippen LogP contribution in [0, 0.1) is 5.41 Å². The van der Waals surface area contributed by atoms with Gasteiger partial charge >= 0.3 is 0 Å². The van der Waals surface area contributed by atoms with Crippen molar-refractivity contribution in [2.45, 2.75) is 5.66 Å². The monoisotopic (exact) mass is 202 g/mol. The average Bonchev–Trinajstić information content (AvgIpc) is 2.31. The SMILES string of the molecule is N=C(N)C1(c2ncccn2)N=CC=CN1. The predicted octanol–water partition coefficient (Wildman–Crippen LogP) is -0.247. The number of nitrogens with zero attached hydrogens (tertiary/aromatic N) is 3. The Kier molecular flexibility index (Phi) is 2.17. The molecule has 0 aromatic carbocycles. The van der Waals surface area contributed by atoms with E-state index in [4.69, 9.17) is 11.1 Å². The predicted molar refractivity (Wildman–Crippen MR) is 56.4 cm³/mol. The fourth-order valence-corrected chi connectivity index (χ4v) is 1.28. The van der Waals surface area contributed by atoms with Crippen molar-refractivity contribution in [1.29, 1.82) is 5.41 Å². The molecular weight excluding hydrogens is 192 g/mol. The summed E-state index contributed by atoms with van der Waals surface area (Å²) in [6, 6.07) is 1.69. The molecule has 1 aliphatic heterocycles. The number of rotatable bonds is 2. The van der Waals surface area contributed by atoms with E-state index in [2.05, 4.69) is 20.3 Å². The van der Waals surface area contributed by atoms with Crippen molar-refractivity contribution in [3.05, 3.63) is 36.6 Å². The second-order valence-corrected chi connectivity index (χ2v) is 2.98. The molecule has 0 fully saturated rings. The Bertz CT molecular complexity index is 423. The Labute approximate surface area is 86.5 Å². The molecule has 1 aromatic heterocycles. The van der Waals surface area contributed by atoms with Gasteiger partial charge in [-0.25, -0.2) is 9.97 Å². The zero-order valence-electron chi connectivity index (χ0n) is 7.88. The minimum absolute atomic E-state index is 0.144. The van der Waals surface area contributed by atoms with Gasteiger partial charge in [0, 0.05) is 24.8 Å². The summed E-state index contributed by atoms with van der Waals surface area (Å²) in [7, 11) is 0. The number of amidine groups is 1. The van der Waals surface area contributed by atoms with Crippen molar-refractivity contribution in [3.63, 3.8) is 0 Å². The van der Waals surface area contributed by atoms with Crippen LogP contribution in [0.1, 0.15) is 5.82 Å². The molecule has 15 heavy (non-hydrogen) atoms. The second kappa shape index (κ2) is 3.49. The van der Waals surface area contributed by atoms with E-state index in [-0.39, 0.29) is 5.84 Å². The Morgan fingerprint density at radius 2 is 2.13 bits per heavy atom. The van der Waals surface area contributed by atoms with E-state index in [0.29, 0.717) is 5.82 Å². The van der Waals surface area contributed by atoms with Crippen LogP contribution in [0.2, 0.25) is 0 Å². The summed E-state index contributed by atoms with van der Waals surface area (Å²) >= 11 is 0. The Hall–Kier alpha value is -2.24. The third kappa shape index (κ3) is 1.45. The zero-order chi connectivity index (χ0) is 10.7. The van der Waals surface area contributed by atoms with E-state index < -0.39 is 5.66 Å². The molecule has 2 heterocycles. The van der Waals surface area contributed by atoms with Gasteiger partial charge in [0.25, 0.3) is 0 Å². The quantitative estimate of drug-likeness (QED) is 0.455. The number of allylic oxidation sites excluding steroid dienone is 1. The maximum atomic E-state index is 7.56. The number of nitrogens with one attached hydrogen (secondary N) is 2. The molecule has 6 nitrogen and oxygen atoms in total. The van der Waals surface area contributed by atoms with Gasteiger partial charge in [-0.15, -0.1) is 0 Å². The number of hydrogen-bond acceptors (Lipinski definition) is 5. The Balaban J connectivity index is 2.49. The molecular formula is C9H10N6. The van der Waals surface area contributed by atoms with Crippen LogP contribution in [0.25, 0.3) is 0 Å². The summed E-state index contributed by atoms with van der Waals surface area (Å²) in [4.78, 5) is 12.2. The zero-order valence-corrected chi connectivity index (χ0v) is 7.88. The average molecular weight is 202 g/mol. The first-order valence-electron chi connectivity index (χ1n) is 4.36. The van der Waals surface area contributed by atoms with Gasteiger partial charge < -0.3 is 11.1 Å².